The zero-order valence-electron chi connectivity index (χ0n) is 13.2. The third kappa shape index (κ3) is 3.36. The average molecular weight is 317 g/mol. The van der Waals surface area contributed by atoms with Crippen molar-refractivity contribution < 1.29 is 0 Å². The highest BCUT2D eigenvalue weighted by Gasteiger charge is 2.27. The van der Waals surface area contributed by atoms with Crippen LogP contribution in [0.15, 0.2) is 11.4 Å². The van der Waals surface area contributed by atoms with Crippen molar-refractivity contribution in [3.63, 3.8) is 0 Å². The molecule has 0 radical (unpaired) electrons. The number of rotatable bonds is 3. The van der Waals surface area contributed by atoms with E-state index in [4.69, 9.17) is 0 Å². The second-order valence-electron chi connectivity index (χ2n) is 6.02. The Hall–Kier alpha value is -1.32. The highest BCUT2D eigenvalue weighted by Crippen LogP contribution is 2.26. The number of nitrogens with zero attached hydrogens (tertiary/aromatic N) is 5. The molecule has 0 atom stereocenters. The molecule has 3 rings (SSSR count). The molecule has 2 aliphatic heterocycles. The molecule has 0 spiro atoms. The maximum Gasteiger partial charge on any atom is 0.189 e. The second kappa shape index (κ2) is 7.30. The third-order valence-electron chi connectivity index (χ3n) is 4.72. The quantitative estimate of drug-likeness (QED) is 0.631. The summed E-state index contributed by atoms with van der Waals surface area (Å²) < 4.78 is 0. The van der Waals surface area contributed by atoms with E-state index in [9.17, 15) is 5.26 Å². The van der Waals surface area contributed by atoms with Crippen LogP contribution in [-0.4, -0.2) is 53.3 Å². The molecule has 6 heteroatoms. The molecule has 3 heterocycles. The van der Waals surface area contributed by atoms with Gasteiger partial charge >= 0.3 is 0 Å². The van der Waals surface area contributed by atoms with Crippen LogP contribution in [0.2, 0.25) is 0 Å². The van der Waals surface area contributed by atoms with Crippen molar-refractivity contribution in [3.05, 3.63) is 11.8 Å². The molecule has 0 amide bonds. The van der Waals surface area contributed by atoms with Gasteiger partial charge in [-0.2, -0.15) is 5.26 Å². The number of aromatic nitrogens is 2. The molecule has 0 bridgehead atoms. The zero-order valence-corrected chi connectivity index (χ0v) is 14.0. The molecule has 118 valence electrons. The number of nitriles is 1. The first-order valence-corrected chi connectivity index (χ1v) is 9.34. The van der Waals surface area contributed by atoms with E-state index < -0.39 is 0 Å². The lowest BCUT2D eigenvalue weighted by atomic mass is 10.00. The fraction of sp³-hybridized carbons (Fsp3) is 0.688. The number of hydrogen-bond donors (Lipinski definition) is 0. The van der Waals surface area contributed by atoms with Gasteiger partial charge in [0, 0.05) is 19.1 Å². The molecular weight excluding hydrogens is 294 g/mol. The SMILES string of the molecule is CSc1ncc(C#N)c(N2CCC(N3CCCCC3)CC2)n1. The van der Waals surface area contributed by atoms with E-state index in [0.29, 0.717) is 11.6 Å². The van der Waals surface area contributed by atoms with Gasteiger partial charge in [0.05, 0.1) is 6.20 Å². The molecular formula is C16H23N5S. The lowest BCUT2D eigenvalue weighted by Gasteiger charge is -2.40. The molecule has 2 aliphatic rings. The number of likely N-dealkylation sites (tertiary alicyclic amines) is 1. The van der Waals surface area contributed by atoms with Gasteiger partial charge < -0.3 is 9.80 Å². The fourth-order valence-corrected chi connectivity index (χ4v) is 3.84. The first kappa shape index (κ1) is 15.6. The van der Waals surface area contributed by atoms with Crippen LogP contribution in [0.1, 0.15) is 37.7 Å². The van der Waals surface area contributed by atoms with E-state index in [2.05, 4.69) is 25.8 Å². The zero-order chi connectivity index (χ0) is 15.4. The molecule has 0 aliphatic carbocycles. The Morgan fingerprint density at radius 3 is 2.55 bits per heavy atom. The minimum atomic E-state index is 0.592. The summed E-state index contributed by atoms with van der Waals surface area (Å²) in [5.41, 5.74) is 0.592. The predicted molar refractivity (Wildman–Crippen MR) is 89.2 cm³/mol. The molecule has 0 unspecified atom stereocenters. The Bertz CT molecular complexity index is 542. The van der Waals surface area contributed by atoms with E-state index in [1.165, 1.54) is 57.0 Å². The van der Waals surface area contributed by atoms with Gasteiger partial charge in [0.2, 0.25) is 0 Å². The van der Waals surface area contributed by atoms with Crippen LogP contribution >= 0.6 is 11.8 Å². The Morgan fingerprint density at radius 2 is 1.91 bits per heavy atom. The summed E-state index contributed by atoms with van der Waals surface area (Å²) in [6, 6.07) is 2.94. The van der Waals surface area contributed by atoms with Crippen molar-refractivity contribution in [2.45, 2.75) is 43.3 Å². The van der Waals surface area contributed by atoms with Crippen LogP contribution in [-0.2, 0) is 0 Å². The number of hydrogen-bond acceptors (Lipinski definition) is 6. The van der Waals surface area contributed by atoms with Gasteiger partial charge in [0.25, 0.3) is 0 Å². The Morgan fingerprint density at radius 1 is 1.18 bits per heavy atom. The summed E-state index contributed by atoms with van der Waals surface area (Å²) in [7, 11) is 0. The van der Waals surface area contributed by atoms with Gasteiger partial charge in [-0.15, -0.1) is 0 Å². The molecule has 2 saturated heterocycles. The van der Waals surface area contributed by atoms with Gasteiger partial charge in [-0.25, -0.2) is 9.97 Å². The van der Waals surface area contributed by atoms with E-state index in [1.807, 2.05) is 6.26 Å². The van der Waals surface area contributed by atoms with Crippen LogP contribution in [0.4, 0.5) is 5.82 Å². The second-order valence-corrected chi connectivity index (χ2v) is 6.79. The molecule has 1 aromatic heterocycles. The van der Waals surface area contributed by atoms with Crippen molar-refractivity contribution in [1.82, 2.24) is 14.9 Å². The molecule has 0 saturated carbocycles. The number of anilines is 1. The largest absolute Gasteiger partial charge is 0.355 e. The summed E-state index contributed by atoms with van der Waals surface area (Å²) in [6.07, 6.45) is 10.1. The van der Waals surface area contributed by atoms with Crippen LogP contribution in [0.5, 0.6) is 0 Å². The van der Waals surface area contributed by atoms with Crippen LogP contribution < -0.4 is 4.90 Å². The standard InChI is InChI=1S/C16H23N5S/c1-22-16-18-12-13(11-17)15(19-16)21-9-5-14(6-10-21)20-7-3-2-4-8-20/h12,14H,2-10H2,1H3. The molecule has 0 N–H and O–H groups in total. The van der Waals surface area contributed by atoms with E-state index in [0.717, 1.165) is 24.1 Å². The Balaban J connectivity index is 1.67. The topological polar surface area (TPSA) is 56.1 Å². The van der Waals surface area contributed by atoms with Crippen molar-refractivity contribution in [3.8, 4) is 6.07 Å². The number of thioether (sulfide) groups is 1. The van der Waals surface area contributed by atoms with Crippen LogP contribution in [0.3, 0.4) is 0 Å². The molecule has 2 fully saturated rings. The summed E-state index contributed by atoms with van der Waals surface area (Å²) in [5.74, 6) is 0.818. The average Bonchev–Trinajstić information content (AvgIpc) is 2.62. The minimum Gasteiger partial charge on any atom is -0.355 e. The normalized spacial score (nSPS) is 20.8. The predicted octanol–water partition coefficient (Wildman–Crippen LogP) is 2.52. The van der Waals surface area contributed by atoms with Crippen molar-refractivity contribution in [1.29, 1.82) is 5.26 Å². The summed E-state index contributed by atoms with van der Waals surface area (Å²) in [5, 5.41) is 10.0. The van der Waals surface area contributed by atoms with Gasteiger partial charge in [-0.1, -0.05) is 18.2 Å². The van der Waals surface area contributed by atoms with E-state index in [-0.39, 0.29) is 0 Å². The molecule has 0 aromatic carbocycles. The van der Waals surface area contributed by atoms with Gasteiger partial charge in [-0.05, 0) is 45.0 Å². The Labute approximate surface area is 136 Å². The van der Waals surface area contributed by atoms with E-state index >= 15 is 0 Å². The van der Waals surface area contributed by atoms with Crippen LogP contribution in [0, 0.1) is 11.3 Å². The smallest absolute Gasteiger partial charge is 0.189 e. The van der Waals surface area contributed by atoms with Gasteiger partial charge in [0.15, 0.2) is 11.0 Å². The summed E-state index contributed by atoms with van der Waals surface area (Å²) in [6.45, 7) is 4.50. The van der Waals surface area contributed by atoms with Gasteiger partial charge in [-0.3, -0.25) is 0 Å². The fourth-order valence-electron chi connectivity index (χ4n) is 3.50. The maximum atomic E-state index is 9.30. The first-order chi connectivity index (χ1) is 10.8. The van der Waals surface area contributed by atoms with Gasteiger partial charge in [0.1, 0.15) is 11.6 Å². The first-order valence-electron chi connectivity index (χ1n) is 8.12. The van der Waals surface area contributed by atoms with Crippen molar-refractivity contribution >= 4 is 17.6 Å². The molecule has 22 heavy (non-hydrogen) atoms. The highest BCUT2D eigenvalue weighted by molar-refractivity contribution is 7.98. The third-order valence-corrected chi connectivity index (χ3v) is 5.28. The van der Waals surface area contributed by atoms with E-state index in [1.54, 1.807) is 6.20 Å². The van der Waals surface area contributed by atoms with Crippen molar-refractivity contribution in [2.24, 2.45) is 0 Å². The lowest BCUT2D eigenvalue weighted by molar-refractivity contribution is 0.141. The van der Waals surface area contributed by atoms with Crippen molar-refractivity contribution in [2.75, 3.05) is 37.3 Å². The van der Waals surface area contributed by atoms with Crippen LogP contribution in [0.25, 0.3) is 0 Å². The highest BCUT2D eigenvalue weighted by atomic mass is 32.2. The summed E-state index contributed by atoms with van der Waals surface area (Å²) >= 11 is 1.52. The Kier molecular flexibility index (Phi) is 5.16. The maximum absolute atomic E-state index is 9.30. The molecule has 5 nitrogen and oxygen atoms in total. The lowest BCUT2D eigenvalue weighted by Crippen LogP contribution is -2.47. The minimum absolute atomic E-state index is 0.592. The summed E-state index contributed by atoms with van der Waals surface area (Å²) in [4.78, 5) is 13.7. The molecule has 1 aromatic rings. The monoisotopic (exact) mass is 317 g/mol. The number of piperidine rings is 2.